The maximum absolute atomic E-state index is 5.80. The van der Waals surface area contributed by atoms with Crippen LogP contribution in [0.2, 0.25) is 5.02 Å². The van der Waals surface area contributed by atoms with Gasteiger partial charge in [-0.2, -0.15) is 0 Å². The predicted octanol–water partition coefficient (Wildman–Crippen LogP) is 4.81. The van der Waals surface area contributed by atoms with Gasteiger partial charge in [0.2, 0.25) is 0 Å². The molecule has 6 heteroatoms. The molecule has 13 heavy (non-hydrogen) atoms. The van der Waals surface area contributed by atoms with Crippen LogP contribution in [0.15, 0.2) is 22.7 Å². The van der Waals surface area contributed by atoms with E-state index in [1.807, 2.05) is 0 Å². The number of hydrogen-bond donors (Lipinski definition) is 0. The highest BCUT2D eigenvalue weighted by atomic mass is 79.9. The molecule has 1 rings (SSSR count). The monoisotopic (exact) mass is 322 g/mol. The molecule has 1 aromatic rings. The van der Waals surface area contributed by atoms with Crippen LogP contribution in [0.5, 0.6) is 5.75 Å². The molecular weight excluding hydrogens is 322 g/mol. The van der Waals surface area contributed by atoms with Gasteiger partial charge in [0, 0.05) is 4.47 Å². The van der Waals surface area contributed by atoms with Gasteiger partial charge >= 0.3 is 3.98 Å². The summed E-state index contributed by atoms with van der Waals surface area (Å²) in [5.74, 6) is 0.324. The standard InChI is InChI=1S/C7H3BrCl4O/c8-4-1-2-6(5(9)3-4)13-7(10,11)12/h1-3H. The highest BCUT2D eigenvalue weighted by Crippen LogP contribution is 2.35. The molecule has 0 aliphatic rings. The summed E-state index contributed by atoms with van der Waals surface area (Å²) in [5, 5.41) is 0.376. The van der Waals surface area contributed by atoms with Crippen molar-refractivity contribution in [3.63, 3.8) is 0 Å². The van der Waals surface area contributed by atoms with Crippen LogP contribution in [0.25, 0.3) is 0 Å². The second-order valence-corrected chi connectivity index (χ2v) is 5.62. The summed E-state index contributed by atoms with van der Waals surface area (Å²) in [6.45, 7) is 0. The van der Waals surface area contributed by atoms with Crippen molar-refractivity contribution in [2.75, 3.05) is 0 Å². The first-order valence-electron chi connectivity index (χ1n) is 3.09. The fraction of sp³-hybridized carbons (Fsp3) is 0.143. The van der Waals surface area contributed by atoms with Crippen LogP contribution < -0.4 is 4.74 Å². The third kappa shape index (κ3) is 4.13. The van der Waals surface area contributed by atoms with Gasteiger partial charge < -0.3 is 4.74 Å². The van der Waals surface area contributed by atoms with Crippen molar-refractivity contribution in [1.29, 1.82) is 0 Å². The summed E-state index contributed by atoms with van der Waals surface area (Å²) in [6, 6.07) is 4.99. The van der Waals surface area contributed by atoms with Gasteiger partial charge in [-0.25, -0.2) is 0 Å². The minimum atomic E-state index is -1.79. The molecule has 0 aliphatic carbocycles. The van der Waals surface area contributed by atoms with Crippen molar-refractivity contribution in [3.8, 4) is 5.75 Å². The first kappa shape index (κ1) is 11.7. The van der Waals surface area contributed by atoms with E-state index in [0.29, 0.717) is 10.8 Å². The van der Waals surface area contributed by atoms with Crippen molar-refractivity contribution in [3.05, 3.63) is 27.7 Å². The lowest BCUT2D eigenvalue weighted by Crippen LogP contribution is -2.12. The molecule has 72 valence electrons. The SMILES string of the molecule is Clc1cc(Br)ccc1OC(Cl)(Cl)Cl. The summed E-state index contributed by atoms with van der Waals surface area (Å²) in [4.78, 5) is 0. The van der Waals surface area contributed by atoms with Crippen LogP contribution in [-0.2, 0) is 0 Å². The van der Waals surface area contributed by atoms with E-state index >= 15 is 0 Å². The molecule has 0 heterocycles. The maximum atomic E-state index is 5.80. The van der Waals surface area contributed by atoms with Crippen LogP contribution >= 0.6 is 62.3 Å². The zero-order valence-corrected chi connectivity index (χ0v) is 10.6. The molecule has 0 spiro atoms. The Bertz CT molecular complexity index is 310. The molecule has 0 N–H and O–H groups in total. The Kier molecular flexibility index (Phi) is 4.02. The van der Waals surface area contributed by atoms with E-state index in [9.17, 15) is 0 Å². The normalized spacial score (nSPS) is 11.5. The van der Waals surface area contributed by atoms with E-state index in [1.165, 1.54) is 0 Å². The summed E-state index contributed by atoms with van der Waals surface area (Å²) in [6.07, 6.45) is 0. The molecule has 0 fully saturated rings. The van der Waals surface area contributed by atoms with Crippen molar-refractivity contribution in [2.24, 2.45) is 0 Å². The fourth-order valence-electron chi connectivity index (χ4n) is 0.683. The Balaban J connectivity index is 2.90. The van der Waals surface area contributed by atoms with Gasteiger partial charge in [0.25, 0.3) is 0 Å². The number of rotatable bonds is 1. The Hall–Kier alpha value is 0.660. The van der Waals surface area contributed by atoms with Gasteiger partial charge in [-0.15, -0.1) is 0 Å². The van der Waals surface area contributed by atoms with E-state index in [-0.39, 0.29) is 0 Å². The fourth-order valence-corrected chi connectivity index (χ4v) is 1.64. The van der Waals surface area contributed by atoms with E-state index in [4.69, 9.17) is 51.1 Å². The van der Waals surface area contributed by atoms with Gasteiger partial charge in [-0.1, -0.05) is 27.5 Å². The van der Waals surface area contributed by atoms with Gasteiger partial charge in [0.15, 0.2) is 0 Å². The minimum absolute atomic E-state index is 0.324. The number of halogens is 5. The minimum Gasteiger partial charge on any atom is -0.444 e. The average molecular weight is 325 g/mol. The number of alkyl halides is 3. The van der Waals surface area contributed by atoms with Gasteiger partial charge in [0.05, 0.1) is 5.02 Å². The van der Waals surface area contributed by atoms with Crippen LogP contribution in [0.4, 0.5) is 0 Å². The molecule has 0 atom stereocenters. The van der Waals surface area contributed by atoms with Gasteiger partial charge in [-0.05, 0) is 53.0 Å². The number of hydrogen-bond acceptors (Lipinski definition) is 1. The molecular formula is C7H3BrCl4O. The third-order valence-electron chi connectivity index (χ3n) is 1.12. The number of benzene rings is 1. The van der Waals surface area contributed by atoms with Crippen LogP contribution in [0.1, 0.15) is 0 Å². The average Bonchev–Trinajstić information content (AvgIpc) is 1.93. The zero-order chi connectivity index (χ0) is 10.1. The Morgan fingerprint density at radius 3 is 2.31 bits per heavy atom. The first-order chi connectivity index (χ1) is 5.88. The zero-order valence-electron chi connectivity index (χ0n) is 6.03. The van der Waals surface area contributed by atoms with Gasteiger partial charge in [-0.3, -0.25) is 0 Å². The maximum Gasteiger partial charge on any atom is 0.338 e. The molecule has 0 saturated carbocycles. The van der Waals surface area contributed by atoms with Crippen molar-refractivity contribution >= 4 is 62.3 Å². The predicted molar refractivity (Wildman–Crippen MR) is 60.1 cm³/mol. The van der Waals surface area contributed by atoms with E-state index in [1.54, 1.807) is 18.2 Å². The Morgan fingerprint density at radius 2 is 1.85 bits per heavy atom. The van der Waals surface area contributed by atoms with E-state index in [0.717, 1.165) is 4.47 Å². The largest absolute Gasteiger partial charge is 0.444 e. The van der Waals surface area contributed by atoms with E-state index in [2.05, 4.69) is 15.9 Å². The molecule has 0 aromatic heterocycles. The first-order valence-corrected chi connectivity index (χ1v) is 5.40. The lowest BCUT2D eigenvalue weighted by Gasteiger charge is -2.14. The van der Waals surface area contributed by atoms with Crippen molar-refractivity contribution in [2.45, 2.75) is 3.98 Å². The molecule has 0 unspecified atom stereocenters. The van der Waals surface area contributed by atoms with Crippen LogP contribution in [0.3, 0.4) is 0 Å². The smallest absolute Gasteiger partial charge is 0.338 e. The Labute approximate surface area is 104 Å². The van der Waals surface area contributed by atoms with Crippen LogP contribution in [0, 0.1) is 0 Å². The lowest BCUT2D eigenvalue weighted by atomic mass is 10.3. The molecule has 0 aliphatic heterocycles. The van der Waals surface area contributed by atoms with Crippen molar-refractivity contribution in [1.82, 2.24) is 0 Å². The Morgan fingerprint density at radius 1 is 1.23 bits per heavy atom. The molecule has 1 nitrogen and oxygen atoms in total. The second kappa shape index (κ2) is 4.45. The van der Waals surface area contributed by atoms with Crippen LogP contribution in [-0.4, -0.2) is 3.98 Å². The molecule has 0 radical (unpaired) electrons. The molecule has 1 aromatic carbocycles. The van der Waals surface area contributed by atoms with E-state index < -0.39 is 3.98 Å². The summed E-state index contributed by atoms with van der Waals surface area (Å²) in [5.41, 5.74) is 0. The topological polar surface area (TPSA) is 9.23 Å². The molecule has 0 amide bonds. The highest BCUT2D eigenvalue weighted by Gasteiger charge is 2.22. The number of ether oxygens (including phenoxy) is 1. The third-order valence-corrected chi connectivity index (χ3v) is 2.14. The van der Waals surface area contributed by atoms with Gasteiger partial charge in [0.1, 0.15) is 5.75 Å². The quantitative estimate of drug-likeness (QED) is 0.674. The summed E-state index contributed by atoms with van der Waals surface area (Å²) >= 11 is 25.3. The lowest BCUT2D eigenvalue weighted by molar-refractivity contribution is 0.320. The summed E-state index contributed by atoms with van der Waals surface area (Å²) in [7, 11) is 0. The molecule has 0 saturated heterocycles. The van der Waals surface area contributed by atoms with Crippen molar-refractivity contribution < 1.29 is 4.74 Å². The summed E-state index contributed by atoms with van der Waals surface area (Å²) < 4.78 is 3.96. The second-order valence-electron chi connectivity index (χ2n) is 2.12. The highest BCUT2D eigenvalue weighted by molar-refractivity contribution is 9.10. The molecule has 0 bridgehead atoms.